The lowest BCUT2D eigenvalue weighted by molar-refractivity contribution is -0.137. The Kier molecular flexibility index (Phi) is 3.67. The van der Waals surface area contributed by atoms with Crippen molar-refractivity contribution >= 4 is 0 Å². The Morgan fingerprint density at radius 1 is 1.29 bits per heavy atom. The fraction of sp³-hybridized carbons (Fsp3) is 0.429. The zero-order chi connectivity index (χ0) is 14.9. The van der Waals surface area contributed by atoms with Gasteiger partial charge in [0, 0.05) is 13.0 Å². The van der Waals surface area contributed by atoms with Crippen molar-refractivity contribution in [3.05, 3.63) is 47.1 Å². The van der Waals surface area contributed by atoms with Crippen LogP contribution in [0.25, 0.3) is 0 Å². The van der Waals surface area contributed by atoms with Gasteiger partial charge in [0.1, 0.15) is 6.10 Å². The summed E-state index contributed by atoms with van der Waals surface area (Å²) in [4.78, 5) is 4.20. The van der Waals surface area contributed by atoms with Crippen molar-refractivity contribution in [2.75, 3.05) is 6.61 Å². The van der Waals surface area contributed by atoms with Crippen LogP contribution in [0.4, 0.5) is 13.2 Å². The van der Waals surface area contributed by atoms with Crippen molar-refractivity contribution < 1.29 is 22.4 Å². The highest BCUT2D eigenvalue weighted by atomic mass is 19.4. The molecule has 21 heavy (non-hydrogen) atoms. The smallest absolute Gasteiger partial charge is 0.368 e. The maximum Gasteiger partial charge on any atom is 0.416 e. The van der Waals surface area contributed by atoms with Gasteiger partial charge in [0.05, 0.1) is 5.56 Å². The van der Waals surface area contributed by atoms with Crippen LogP contribution in [0.2, 0.25) is 0 Å². The van der Waals surface area contributed by atoms with Gasteiger partial charge in [-0.2, -0.15) is 18.2 Å². The quantitative estimate of drug-likeness (QED) is 0.869. The maximum atomic E-state index is 12.6. The molecule has 0 amide bonds. The first-order valence-electron chi connectivity index (χ1n) is 6.62. The molecule has 4 nitrogen and oxygen atoms in total. The predicted octanol–water partition coefficient (Wildman–Crippen LogP) is 3.53. The van der Waals surface area contributed by atoms with E-state index in [0.29, 0.717) is 23.9 Å². The Hall–Kier alpha value is -1.89. The molecule has 1 aromatic carbocycles. The van der Waals surface area contributed by atoms with Crippen LogP contribution in [0, 0.1) is 0 Å². The van der Waals surface area contributed by atoms with Crippen LogP contribution in [0.15, 0.2) is 28.8 Å². The van der Waals surface area contributed by atoms with Crippen molar-refractivity contribution in [1.82, 2.24) is 10.1 Å². The van der Waals surface area contributed by atoms with Gasteiger partial charge in [0.25, 0.3) is 5.89 Å². The fourth-order valence-corrected chi connectivity index (χ4v) is 2.28. The van der Waals surface area contributed by atoms with E-state index >= 15 is 0 Å². The standard InChI is InChI=1S/C14H13F3N2O2/c15-14(16,17)10-4-1-3-9(7-10)8-12-18-13(21-19-12)11-5-2-6-20-11/h1,3-4,7,11H,2,5-6,8H2/t11-/m1/s1. The molecular formula is C14H13F3N2O2. The minimum Gasteiger partial charge on any atom is -0.368 e. The minimum atomic E-state index is -4.35. The van der Waals surface area contributed by atoms with Gasteiger partial charge in [0.15, 0.2) is 5.82 Å². The summed E-state index contributed by atoms with van der Waals surface area (Å²) >= 11 is 0. The summed E-state index contributed by atoms with van der Waals surface area (Å²) in [5.74, 6) is 0.759. The summed E-state index contributed by atoms with van der Waals surface area (Å²) in [7, 11) is 0. The third-order valence-corrected chi connectivity index (χ3v) is 3.31. The molecule has 0 spiro atoms. The molecule has 1 aromatic heterocycles. The Balaban J connectivity index is 1.74. The number of alkyl halides is 3. The van der Waals surface area contributed by atoms with E-state index in [1.54, 1.807) is 6.07 Å². The maximum absolute atomic E-state index is 12.6. The van der Waals surface area contributed by atoms with Crippen LogP contribution in [-0.2, 0) is 17.3 Å². The second kappa shape index (κ2) is 5.48. The average Bonchev–Trinajstić information content (AvgIpc) is 3.08. The van der Waals surface area contributed by atoms with E-state index in [9.17, 15) is 13.2 Å². The molecule has 0 N–H and O–H groups in total. The zero-order valence-electron chi connectivity index (χ0n) is 11.1. The van der Waals surface area contributed by atoms with E-state index in [2.05, 4.69) is 10.1 Å². The van der Waals surface area contributed by atoms with Crippen LogP contribution >= 0.6 is 0 Å². The first kappa shape index (κ1) is 14.1. The van der Waals surface area contributed by atoms with E-state index in [-0.39, 0.29) is 12.5 Å². The first-order chi connectivity index (χ1) is 10.0. The Labute approximate surface area is 118 Å². The Morgan fingerprint density at radius 2 is 2.14 bits per heavy atom. The molecular weight excluding hydrogens is 285 g/mol. The van der Waals surface area contributed by atoms with Crippen molar-refractivity contribution in [3.8, 4) is 0 Å². The van der Waals surface area contributed by atoms with Crippen molar-refractivity contribution in [2.24, 2.45) is 0 Å². The summed E-state index contributed by atoms with van der Waals surface area (Å²) in [6, 6.07) is 5.12. The molecule has 0 unspecified atom stereocenters. The molecule has 1 fully saturated rings. The number of rotatable bonds is 3. The van der Waals surface area contributed by atoms with Gasteiger partial charge in [-0.25, -0.2) is 0 Å². The van der Waals surface area contributed by atoms with Gasteiger partial charge in [-0.3, -0.25) is 0 Å². The van der Waals surface area contributed by atoms with Crippen molar-refractivity contribution in [1.29, 1.82) is 0 Å². The molecule has 1 aliphatic rings. The summed E-state index contributed by atoms with van der Waals surface area (Å²) in [5.41, 5.74) is -0.188. The summed E-state index contributed by atoms with van der Waals surface area (Å²) < 4.78 is 48.5. The fourth-order valence-electron chi connectivity index (χ4n) is 2.28. The van der Waals surface area contributed by atoms with E-state index in [1.807, 2.05) is 0 Å². The molecule has 0 saturated carbocycles. The van der Waals surface area contributed by atoms with Crippen molar-refractivity contribution in [3.63, 3.8) is 0 Å². The Bertz CT molecular complexity index is 619. The lowest BCUT2D eigenvalue weighted by Crippen LogP contribution is -2.05. The van der Waals surface area contributed by atoms with Gasteiger partial charge >= 0.3 is 6.18 Å². The molecule has 7 heteroatoms. The third kappa shape index (κ3) is 3.24. The number of halogens is 3. The van der Waals surface area contributed by atoms with E-state index < -0.39 is 11.7 Å². The molecule has 0 radical (unpaired) electrons. The SMILES string of the molecule is FC(F)(F)c1cccc(Cc2noc([C@H]3CCCO3)n2)c1. The highest BCUT2D eigenvalue weighted by Gasteiger charge is 2.30. The summed E-state index contributed by atoms with van der Waals surface area (Å²) in [6.45, 7) is 0.663. The van der Waals surface area contributed by atoms with E-state index in [4.69, 9.17) is 9.26 Å². The molecule has 2 heterocycles. The topological polar surface area (TPSA) is 48.2 Å². The van der Waals surface area contributed by atoms with Crippen LogP contribution in [0.3, 0.4) is 0 Å². The number of ether oxygens (including phenoxy) is 1. The van der Waals surface area contributed by atoms with Crippen LogP contribution in [0.1, 0.15) is 41.8 Å². The molecule has 0 aliphatic carbocycles. The largest absolute Gasteiger partial charge is 0.416 e. The first-order valence-corrected chi connectivity index (χ1v) is 6.62. The lowest BCUT2D eigenvalue weighted by atomic mass is 10.1. The molecule has 1 saturated heterocycles. The van der Waals surface area contributed by atoms with Gasteiger partial charge in [-0.15, -0.1) is 0 Å². The van der Waals surface area contributed by atoms with Gasteiger partial charge < -0.3 is 9.26 Å². The Morgan fingerprint density at radius 3 is 2.86 bits per heavy atom. The molecule has 2 aromatic rings. The highest BCUT2D eigenvalue weighted by Crippen LogP contribution is 2.30. The van der Waals surface area contributed by atoms with Gasteiger partial charge in [-0.05, 0) is 24.5 Å². The summed E-state index contributed by atoms with van der Waals surface area (Å²) in [5, 5.41) is 3.80. The van der Waals surface area contributed by atoms with Crippen LogP contribution in [-0.4, -0.2) is 16.7 Å². The van der Waals surface area contributed by atoms with Crippen LogP contribution in [0.5, 0.6) is 0 Å². The normalized spacial score (nSPS) is 19.1. The second-order valence-corrected chi connectivity index (χ2v) is 4.93. The van der Waals surface area contributed by atoms with Gasteiger partial charge in [0.2, 0.25) is 0 Å². The van der Waals surface area contributed by atoms with E-state index in [0.717, 1.165) is 25.0 Å². The third-order valence-electron chi connectivity index (χ3n) is 3.31. The second-order valence-electron chi connectivity index (χ2n) is 4.93. The lowest BCUT2D eigenvalue weighted by Gasteiger charge is -2.07. The number of nitrogens with zero attached hydrogens (tertiary/aromatic N) is 2. The highest BCUT2D eigenvalue weighted by molar-refractivity contribution is 5.27. The molecule has 0 bridgehead atoms. The molecule has 112 valence electrons. The predicted molar refractivity (Wildman–Crippen MR) is 66.5 cm³/mol. The van der Waals surface area contributed by atoms with Gasteiger partial charge in [-0.1, -0.05) is 23.4 Å². The number of benzene rings is 1. The van der Waals surface area contributed by atoms with E-state index in [1.165, 1.54) is 6.07 Å². The monoisotopic (exact) mass is 298 g/mol. The number of hydrogen-bond acceptors (Lipinski definition) is 4. The molecule has 1 atom stereocenters. The molecule has 3 rings (SSSR count). The molecule has 1 aliphatic heterocycles. The number of hydrogen-bond donors (Lipinski definition) is 0. The average molecular weight is 298 g/mol. The van der Waals surface area contributed by atoms with Crippen molar-refractivity contribution in [2.45, 2.75) is 31.5 Å². The van der Waals surface area contributed by atoms with Crippen LogP contribution < -0.4 is 0 Å². The summed E-state index contributed by atoms with van der Waals surface area (Å²) in [6.07, 6.45) is -2.58. The number of aromatic nitrogens is 2. The minimum absolute atomic E-state index is 0.187. The zero-order valence-corrected chi connectivity index (χ0v) is 11.1.